The summed E-state index contributed by atoms with van der Waals surface area (Å²) in [4.78, 5) is 19.5. The van der Waals surface area contributed by atoms with Crippen LogP contribution in [0.4, 0.5) is 0 Å². The van der Waals surface area contributed by atoms with Gasteiger partial charge in [-0.15, -0.1) is 11.3 Å². The van der Waals surface area contributed by atoms with Crippen LogP contribution in [0.25, 0.3) is 0 Å². The number of aromatic nitrogens is 1. The third-order valence-electron chi connectivity index (χ3n) is 5.00. The van der Waals surface area contributed by atoms with Crippen LogP contribution in [0.3, 0.4) is 0 Å². The highest BCUT2D eigenvalue weighted by Crippen LogP contribution is 2.37. The number of carbonyl (C=O) groups is 1. The second kappa shape index (κ2) is 12.8. The third kappa shape index (κ3) is 7.20. The van der Waals surface area contributed by atoms with Gasteiger partial charge in [-0.05, 0) is 24.1 Å². The minimum Gasteiger partial charge on any atom is -0.493 e. The predicted molar refractivity (Wildman–Crippen MR) is 128 cm³/mol. The number of hydrogen-bond acceptors (Lipinski definition) is 7. The van der Waals surface area contributed by atoms with Crippen LogP contribution >= 0.6 is 11.3 Å². The lowest BCUT2D eigenvalue weighted by atomic mass is 10.1. The number of amides is 1. The van der Waals surface area contributed by atoms with Crippen LogP contribution in [0, 0.1) is 0 Å². The van der Waals surface area contributed by atoms with E-state index in [1.165, 1.54) is 11.3 Å². The molecular formula is C25H30N2O5S. The van der Waals surface area contributed by atoms with E-state index in [0.29, 0.717) is 43.4 Å². The molecule has 0 saturated carbocycles. The fraction of sp³-hybridized carbons (Fsp3) is 0.360. The Labute approximate surface area is 198 Å². The highest BCUT2D eigenvalue weighted by molar-refractivity contribution is 7.09. The number of para-hydroxylation sites is 1. The van der Waals surface area contributed by atoms with E-state index >= 15 is 0 Å². The monoisotopic (exact) mass is 470 g/mol. The van der Waals surface area contributed by atoms with E-state index in [0.717, 1.165) is 22.7 Å². The molecule has 33 heavy (non-hydrogen) atoms. The molecule has 176 valence electrons. The molecule has 0 aliphatic carbocycles. The topological polar surface area (TPSA) is 70.1 Å². The number of rotatable bonds is 13. The molecule has 3 rings (SSSR count). The Bertz CT molecular complexity index is 987. The summed E-state index contributed by atoms with van der Waals surface area (Å²) in [5.41, 5.74) is 1.83. The van der Waals surface area contributed by atoms with Crippen LogP contribution in [0.2, 0.25) is 0 Å². The van der Waals surface area contributed by atoms with Crippen molar-refractivity contribution in [1.82, 2.24) is 9.88 Å². The first-order chi connectivity index (χ1) is 16.1. The molecule has 2 aromatic carbocycles. The fourth-order valence-corrected chi connectivity index (χ4v) is 4.05. The first-order valence-corrected chi connectivity index (χ1v) is 11.6. The number of ether oxygens (including phenoxy) is 4. The van der Waals surface area contributed by atoms with Gasteiger partial charge in [0.2, 0.25) is 11.7 Å². The molecule has 0 fully saturated rings. The molecule has 0 radical (unpaired) electrons. The molecular weight excluding hydrogens is 440 g/mol. The Morgan fingerprint density at radius 1 is 1.00 bits per heavy atom. The smallest absolute Gasteiger partial charge is 0.227 e. The predicted octanol–water partition coefficient (Wildman–Crippen LogP) is 4.35. The molecule has 0 spiro atoms. The summed E-state index contributed by atoms with van der Waals surface area (Å²) in [7, 11) is 4.85. The van der Waals surface area contributed by atoms with E-state index in [9.17, 15) is 4.79 Å². The van der Waals surface area contributed by atoms with Gasteiger partial charge in [0.15, 0.2) is 11.5 Å². The van der Waals surface area contributed by atoms with E-state index in [1.54, 1.807) is 21.3 Å². The van der Waals surface area contributed by atoms with Crippen molar-refractivity contribution in [2.45, 2.75) is 26.0 Å². The zero-order valence-corrected chi connectivity index (χ0v) is 20.1. The van der Waals surface area contributed by atoms with Crippen LogP contribution in [0.15, 0.2) is 53.9 Å². The van der Waals surface area contributed by atoms with Crippen molar-refractivity contribution in [2.24, 2.45) is 0 Å². The normalized spacial score (nSPS) is 10.6. The summed E-state index contributed by atoms with van der Waals surface area (Å²) in [5, 5.41) is 2.78. The highest BCUT2D eigenvalue weighted by Gasteiger charge is 2.17. The Morgan fingerprint density at radius 2 is 1.73 bits per heavy atom. The number of nitrogens with zero attached hydrogens (tertiary/aromatic N) is 2. The van der Waals surface area contributed by atoms with Crippen molar-refractivity contribution in [2.75, 3.05) is 34.5 Å². The SMILES string of the molecule is COCCCN(Cc1csc(COc2c(OC)cccc2OC)n1)C(=O)Cc1ccccc1. The summed E-state index contributed by atoms with van der Waals surface area (Å²) in [6, 6.07) is 15.3. The summed E-state index contributed by atoms with van der Waals surface area (Å²) in [5.74, 6) is 1.81. The van der Waals surface area contributed by atoms with E-state index in [1.807, 2.05) is 58.8 Å². The van der Waals surface area contributed by atoms with Crippen molar-refractivity contribution in [3.8, 4) is 17.2 Å². The average Bonchev–Trinajstić information content (AvgIpc) is 3.29. The lowest BCUT2D eigenvalue weighted by Gasteiger charge is -2.22. The number of methoxy groups -OCH3 is 3. The molecule has 7 nitrogen and oxygen atoms in total. The van der Waals surface area contributed by atoms with Gasteiger partial charge in [0, 0.05) is 25.6 Å². The highest BCUT2D eigenvalue weighted by atomic mass is 32.1. The van der Waals surface area contributed by atoms with Gasteiger partial charge >= 0.3 is 0 Å². The second-order valence-electron chi connectivity index (χ2n) is 7.34. The van der Waals surface area contributed by atoms with E-state index in [2.05, 4.69) is 4.98 Å². The van der Waals surface area contributed by atoms with E-state index in [-0.39, 0.29) is 12.5 Å². The van der Waals surface area contributed by atoms with Crippen LogP contribution in [0.1, 0.15) is 22.7 Å². The Kier molecular flexibility index (Phi) is 9.53. The fourth-order valence-electron chi connectivity index (χ4n) is 3.35. The Morgan fingerprint density at radius 3 is 2.39 bits per heavy atom. The van der Waals surface area contributed by atoms with Gasteiger partial charge < -0.3 is 23.8 Å². The number of hydrogen-bond donors (Lipinski definition) is 0. The number of benzene rings is 2. The zero-order chi connectivity index (χ0) is 23.5. The van der Waals surface area contributed by atoms with Crippen LogP contribution in [0.5, 0.6) is 17.2 Å². The lowest BCUT2D eigenvalue weighted by Crippen LogP contribution is -2.33. The van der Waals surface area contributed by atoms with Crippen LogP contribution in [-0.4, -0.2) is 50.3 Å². The number of carbonyl (C=O) groups excluding carboxylic acids is 1. The van der Waals surface area contributed by atoms with Gasteiger partial charge in [0.1, 0.15) is 11.6 Å². The van der Waals surface area contributed by atoms with Crippen molar-refractivity contribution < 1.29 is 23.7 Å². The summed E-state index contributed by atoms with van der Waals surface area (Å²) in [6.07, 6.45) is 1.13. The zero-order valence-electron chi connectivity index (χ0n) is 19.3. The maximum absolute atomic E-state index is 13.0. The first-order valence-electron chi connectivity index (χ1n) is 10.7. The summed E-state index contributed by atoms with van der Waals surface area (Å²) >= 11 is 1.50. The standard InChI is InChI=1S/C25H30N2O5S/c1-29-14-8-13-27(24(28)15-19-9-5-4-6-10-19)16-20-18-33-23(26-20)17-32-25-21(30-2)11-7-12-22(25)31-3/h4-7,9-12,18H,8,13-17H2,1-3H3. The average molecular weight is 471 g/mol. The maximum Gasteiger partial charge on any atom is 0.227 e. The molecule has 3 aromatic rings. The quantitative estimate of drug-likeness (QED) is 0.346. The second-order valence-corrected chi connectivity index (χ2v) is 8.28. The Balaban J connectivity index is 1.65. The molecule has 1 aromatic heterocycles. The molecule has 0 saturated heterocycles. The van der Waals surface area contributed by atoms with Gasteiger partial charge in [-0.2, -0.15) is 0 Å². The van der Waals surface area contributed by atoms with Gasteiger partial charge in [-0.1, -0.05) is 36.4 Å². The molecule has 8 heteroatoms. The number of thiazole rings is 1. The minimum absolute atomic E-state index is 0.0712. The molecule has 0 aliphatic rings. The minimum atomic E-state index is 0.0712. The largest absolute Gasteiger partial charge is 0.493 e. The molecule has 0 atom stereocenters. The first kappa shape index (κ1) is 24.5. The molecule has 1 heterocycles. The maximum atomic E-state index is 13.0. The summed E-state index contributed by atoms with van der Waals surface area (Å²) in [6.45, 7) is 1.94. The van der Waals surface area contributed by atoms with Crippen molar-refractivity contribution in [3.63, 3.8) is 0 Å². The molecule has 0 N–H and O–H groups in total. The molecule has 0 bridgehead atoms. The lowest BCUT2D eigenvalue weighted by molar-refractivity contribution is -0.131. The van der Waals surface area contributed by atoms with Crippen LogP contribution < -0.4 is 14.2 Å². The van der Waals surface area contributed by atoms with Gasteiger partial charge in [0.05, 0.1) is 32.9 Å². The Hall–Kier alpha value is -3.10. The van der Waals surface area contributed by atoms with Gasteiger partial charge in [-0.25, -0.2) is 4.98 Å². The third-order valence-corrected chi connectivity index (χ3v) is 5.87. The van der Waals surface area contributed by atoms with E-state index < -0.39 is 0 Å². The van der Waals surface area contributed by atoms with Crippen molar-refractivity contribution in [1.29, 1.82) is 0 Å². The summed E-state index contributed by atoms with van der Waals surface area (Å²) < 4.78 is 21.9. The van der Waals surface area contributed by atoms with Crippen molar-refractivity contribution in [3.05, 3.63) is 70.2 Å². The van der Waals surface area contributed by atoms with Gasteiger partial charge in [0.25, 0.3) is 0 Å². The molecule has 0 aliphatic heterocycles. The van der Waals surface area contributed by atoms with Gasteiger partial charge in [-0.3, -0.25) is 4.79 Å². The van der Waals surface area contributed by atoms with Crippen molar-refractivity contribution >= 4 is 17.2 Å². The molecule has 1 amide bonds. The van der Waals surface area contributed by atoms with Crippen LogP contribution in [-0.2, 0) is 29.1 Å². The van der Waals surface area contributed by atoms with E-state index in [4.69, 9.17) is 18.9 Å². The molecule has 0 unspecified atom stereocenters.